The molecule has 5 rings (SSSR count). The molecule has 2 aromatic heterocycles. The number of carboxylic acid groups (broad SMARTS) is 1. The summed E-state index contributed by atoms with van der Waals surface area (Å²) in [6, 6.07) is -1.01. The van der Waals surface area contributed by atoms with E-state index in [-0.39, 0.29) is 38.6 Å². The third-order valence-electron chi connectivity index (χ3n) is 6.94. The highest BCUT2D eigenvalue weighted by Crippen LogP contribution is 2.46. The van der Waals surface area contributed by atoms with E-state index in [1.165, 1.54) is 23.5 Å². The molecule has 19 heteroatoms. The standard InChI is InChI=1S/C25H27ClN8O6S4/c26-19-15(32-25(27)44-19)16(33-40)21(36)31-17-22(37)34-18(24(38)39)14(10-42-23(17)34)43-13-3-5-28-8-11(13)9-41-7-6-30-20(35)12-2-1-4-29-12/h3,5,8,12,16-17,23,29H,1-2,4,6-7,9-10H2,(H2,27,32)(H,30,35)(H,31,36)(H,38,39)/t12-,16?,17+,23-/m0/s1. The van der Waals surface area contributed by atoms with Crippen LogP contribution in [0.1, 0.15) is 30.1 Å². The molecule has 3 aliphatic heterocycles. The minimum Gasteiger partial charge on any atom is -0.477 e. The van der Waals surface area contributed by atoms with Crippen LogP contribution in [0.5, 0.6) is 0 Å². The fourth-order valence-electron chi connectivity index (χ4n) is 4.84. The van der Waals surface area contributed by atoms with Crippen molar-refractivity contribution in [1.82, 2.24) is 30.8 Å². The Labute approximate surface area is 273 Å². The number of nitrogen functional groups attached to an aromatic ring is 1. The molecule has 0 radical (unpaired) electrons. The quantitative estimate of drug-likeness (QED) is 0.116. The van der Waals surface area contributed by atoms with Crippen molar-refractivity contribution >= 4 is 87.0 Å². The van der Waals surface area contributed by atoms with Crippen LogP contribution < -0.4 is 21.7 Å². The normalized spacial score (nSPS) is 21.8. The van der Waals surface area contributed by atoms with Gasteiger partial charge in [0.25, 0.3) is 11.8 Å². The van der Waals surface area contributed by atoms with Gasteiger partial charge in [0.15, 0.2) is 5.13 Å². The molecule has 0 aromatic carbocycles. The Hall–Kier alpha value is -2.90. The molecule has 2 fully saturated rings. The summed E-state index contributed by atoms with van der Waals surface area (Å²) in [7, 11) is 0. The Morgan fingerprint density at radius 3 is 2.86 bits per heavy atom. The third kappa shape index (κ3) is 6.99. The second-order valence-electron chi connectivity index (χ2n) is 9.77. The number of hydrogen-bond donors (Lipinski definition) is 5. The second-order valence-corrected chi connectivity index (χ2v) is 14.7. The number of thiazole rings is 1. The van der Waals surface area contributed by atoms with Crippen molar-refractivity contribution in [3.05, 3.63) is 49.6 Å². The van der Waals surface area contributed by atoms with E-state index in [4.69, 9.17) is 17.3 Å². The number of carboxylic acids is 1. The van der Waals surface area contributed by atoms with Crippen LogP contribution in [0, 0.1) is 4.91 Å². The number of pyridine rings is 1. The number of fused-ring (bicyclic) bond motifs is 1. The van der Waals surface area contributed by atoms with Gasteiger partial charge in [0.1, 0.15) is 27.1 Å². The van der Waals surface area contributed by atoms with E-state index < -0.39 is 35.2 Å². The van der Waals surface area contributed by atoms with Gasteiger partial charge in [0.05, 0.1) is 6.04 Å². The van der Waals surface area contributed by atoms with Gasteiger partial charge in [0, 0.05) is 46.0 Å². The molecule has 0 spiro atoms. The number of carbonyl (C=O) groups is 4. The van der Waals surface area contributed by atoms with E-state index in [1.54, 1.807) is 30.2 Å². The Bertz CT molecular complexity index is 1500. The maximum atomic E-state index is 13.1. The van der Waals surface area contributed by atoms with Crippen LogP contribution in [-0.4, -0.2) is 85.7 Å². The fourth-order valence-corrected chi connectivity index (χ4v) is 9.31. The van der Waals surface area contributed by atoms with Crippen molar-refractivity contribution in [2.24, 2.45) is 5.18 Å². The molecule has 44 heavy (non-hydrogen) atoms. The summed E-state index contributed by atoms with van der Waals surface area (Å²) in [5.41, 5.74) is 6.23. The number of nitrogens with two attached hydrogens (primary N) is 1. The molecule has 2 aromatic rings. The number of anilines is 1. The van der Waals surface area contributed by atoms with Crippen molar-refractivity contribution in [3.63, 3.8) is 0 Å². The predicted octanol–water partition coefficient (Wildman–Crippen LogP) is 2.17. The Morgan fingerprint density at radius 2 is 2.18 bits per heavy atom. The minimum absolute atomic E-state index is 0.0126. The molecule has 14 nitrogen and oxygen atoms in total. The van der Waals surface area contributed by atoms with E-state index in [0.717, 1.165) is 46.1 Å². The molecule has 5 heterocycles. The smallest absolute Gasteiger partial charge is 0.353 e. The molecule has 4 atom stereocenters. The topological polar surface area (TPSA) is 209 Å². The van der Waals surface area contributed by atoms with Crippen LogP contribution in [0.15, 0.2) is 39.1 Å². The van der Waals surface area contributed by atoms with Crippen LogP contribution in [0.3, 0.4) is 0 Å². The van der Waals surface area contributed by atoms with Crippen molar-refractivity contribution in [2.45, 2.75) is 47.0 Å². The predicted molar refractivity (Wildman–Crippen MR) is 170 cm³/mol. The molecule has 0 saturated carbocycles. The van der Waals surface area contributed by atoms with Gasteiger partial charge in [-0.25, -0.2) is 9.78 Å². The van der Waals surface area contributed by atoms with Gasteiger partial charge >= 0.3 is 5.97 Å². The highest BCUT2D eigenvalue weighted by molar-refractivity contribution is 8.06. The van der Waals surface area contributed by atoms with Crippen molar-refractivity contribution in [2.75, 3.05) is 30.3 Å². The zero-order chi connectivity index (χ0) is 31.4. The van der Waals surface area contributed by atoms with E-state index in [9.17, 15) is 29.2 Å². The first kappa shape index (κ1) is 32.5. The number of amides is 3. The van der Waals surface area contributed by atoms with Crippen LogP contribution in [0.2, 0.25) is 4.34 Å². The van der Waals surface area contributed by atoms with Gasteiger partial charge < -0.3 is 26.8 Å². The summed E-state index contributed by atoms with van der Waals surface area (Å²) in [5.74, 6) is -1.22. The summed E-state index contributed by atoms with van der Waals surface area (Å²) in [6.07, 6.45) is 5.18. The van der Waals surface area contributed by atoms with Crippen LogP contribution in [0.25, 0.3) is 0 Å². The number of nitrogens with one attached hydrogen (secondary N) is 3. The average molecular weight is 699 g/mol. The maximum absolute atomic E-state index is 13.1. The van der Waals surface area contributed by atoms with E-state index in [2.05, 4.69) is 31.1 Å². The van der Waals surface area contributed by atoms with Gasteiger partial charge in [-0.2, -0.15) is 11.8 Å². The SMILES string of the molecule is Nc1nc(C(N=O)C(=O)N[C@@H]2C(=O)N3C(C(=O)O)=C(Sc4ccncc4CSCCNC(=O)[C@@H]4CCCN4)CS[C@@H]23)c(Cl)s1. The number of aliphatic carboxylic acids is 1. The first-order chi connectivity index (χ1) is 21.2. The second kappa shape index (κ2) is 14.5. The third-order valence-corrected chi connectivity index (χ3v) is 11.7. The molecule has 6 N–H and O–H groups in total. The number of hydrogen-bond acceptors (Lipinski definition) is 14. The van der Waals surface area contributed by atoms with Crippen LogP contribution in [0.4, 0.5) is 5.13 Å². The monoisotopic (exact) mass is 698 g/mol. The number of rotatable bonds is 13. The van der Waals surface area contributed by atoms with Gasteiger partial charge in [-0.15, -0.1) is 16.7 Å². The Morgan fingerprint density at radius 1 is 1.36 bits per heavy atom. The van der Waals surface area contributed by atoms with Crippen molar-refractivity contribution in [3.8, 4) is 0 Å². The van der Waals surface area contributed by atoms with Gasteiger partial charge in [-0.05, 0) is 36.2 Å². The van der Waals surface area contributed by atoms with Crippen LogP contribution >= 0.6 is 58.2 Å². The largest absolute Gasteiger partial charge is 0.477 e. The van der Waals surface area contributed by atoms with Crippen molar-refractivity contribution in [1.29, 1.82) is 0 Å². The molecule has 3 amide bonds. The minimum atomic E-state index is -1.62. The fraction of sp³-hybridized carbons (Fsp3) is 0.440. The Kier molecular flexibility index (Phi) is 10.7. The first-order valence-corrected chi connectivity index (χ1v) is 17.6. The molecular weight excluding hydrogens is 672 g/mol. The summed E-state index contributed by atoms with van der Waals surface area (Å²) >= 11 is 11.1. The van der Waals surface area contributed by atoms with E-state index in [1.807, 2.05) is 0 Å². The van der Waals surface area contributed by atoms with E-state index in [0.29, 0.717) is 23.0 Å². The molecule has 2 saturated heterocycles. The van der Waals surface area contributed by atoms with Gasteiger partial charge in [-0.1, -0.05) is 34.7 Å². The number of carbonyl (C=O) groups excluding carboxylic acids is 3. The number of aromatic nitrogens is 2. The number of nitroso groups, excluding NO2 is 1. The lowest BCUT2D eigenvalue weighted by molar-refractivity contribution is -0.150. The summed E-state index contributed by atoms with van der Waals surface area (Å²) in [4.78, 5) is 72.5. The summed E-state index contributed by atoms with van der Waals surface area (Å²) in [5, 5.41) is 20.9. The molecule has 3 aliphatic rings. The number of nitrogens with zero attached hydrogens (tertiary/aromatic N) is 4. The number of β-lactam (4-membered cyclic amide) rings is 1. The summed E-state index contributed by atoms with van der Waals surface area (Å²) in [6.45, 7) is 1.38. The number of halogens is 1. The molecule has 234 valence electrons. The zero-order valence-electron chi connectivity index (χ0n) is 22.9. The highest BCUT2D eigenvalue weighted by atomic mass is 35.5. The van der Waals surface area contributed by atoms with E-state index >= 15 is 0 Å². The van der Waals surface area contributed by atoms with Crippen LogP contribution in [-0.2, 0) is 24.9 Å². The highest BCUT2D eigenvalue weighted by Gasteiger charge is 2.55. The molecule has 1 unspecified atom stereocenters. The average Bonchev–Trinajstić information content (AvgIpc) is 3.66. The first-order valence-electron chi connectivity index (χ1n) is 13.3. The lowest BCUT2D eigenvalue weighted by Crippen LogP contribution is -2.70. The molecular formula is C25H27ClN8O6S4. The lowest BCUT2D eigenvalue weighted by Gasteiger charge is -2.49. The van der Waals surface area contributed by atoms with Crippen molar-refractivity contribution < 1.29 is 24.3 Å². The Balaban J connectivity index is 1.21. The van der Waals surface area contributed by atoms with Gasteiger partial charge in [0.2, 0.25) is 11.9 Å². The zero-order valence-corrected chi connectivity index (χ0v) is 26.9. The number of thioether (sulfide) groups is 3. The maximum Gasteiger partial charge on any atom is 0.353 e. The molecule has 0 aliphatic carbocycles. The molecule has 0 bridgehead atoms. The lowest BCUT2D eigenvalue weighted by atomic mass is 10.0. The van der Waals surface area contributed by atoms with Gasteiger partial charge in [-0.3, -0.25) is 24.3 Å². The summed E-state index contributed by atoms with van der Waals surface area (Å²) < 4.78 is 0.0335.